The van der Waals surface area contributed by atoms with Gasteiger partial charge in [0, 0.05) is 40.9 Å². The summed E-state index contributed by atoms with van der Waals surface area (Å²) in [5, 5.41) is -0.541. The molecule has 11 heteroatoms. The maximum Gasteiger partial charge on any atom is 0.427 e. The van der Waals surface area contributed by atoms with Crippen molar-refractivity contribution in [3.8, 4) is 0 Å². The fourth-order valence-corrected chi connectivity index (χ4v) is 6.23. The van der Waals surface area contributed by atoms with Crippen LogP contribution >= 0.6 is 11.3 Å². The van der Waals surface area contributed by atoms with Crippen molar-refractivity contribution in [2.75, 3.05) is 19.7 Å². The number of pyridine rings is 1. The molecule has 0 bridgehead atoms. The number of likely N-dealkylation sites (tertiary alicyclic amines) is 1. The molecule has 1 unspecified atom stereocenters. The van der Waals surface area contributed by atoms with Gasteiger partial charge in [-0.2, -0.15) is 30.7 Å². The Morgan fingerprint density at radius 1 is 1.06 bits per heavy atom. The summed E-state index contributed by atoms with van der Waals surface area (Å²) in [6.45, 7) is 5.35. The van der Waals surface area contributed by atoms with E-state index in [1.54, 1.807) is 24.1 Å². The van der Waals surface area contributed by atoms with Crippen LogP contribution in [0.3, 0.4) is 0 Å². The number of hydrogen-bond acceptors (Lipinski definition) is 4. The number of thiophene rings is 1. The van der Waals surface area contributed by atoms with E-state index in [1.807, 2.05) is 19.9 Å². The third kappa shape index (κ3) is 4.90. The number of alkyl halides is 6. The van der Waals surface area contributed by atoms with Crippen molar-refractivity contribution in [2.24, 2.45) is 5.41 Å². The molecular weight excluding hydrogens is 509 g/mol. The second kappa shape index (κ2) is 10.2. The van der Waals surface area contributed by atoms with Crippen molar-refractivity contribution in [3.63, 3.8) is 0 Å². The molecule has 3 heterocycles. The van der Waals surface area contributed by atoms with E-state index < -0.39 is 53.6 Å². The standard InChI is InChI=1S/C25H31F7N2OS/c1-5-21(4,18-8-7-17(3)33-15-18)34-14-13-22(16-34,12-11-19-9-10-20(26)36-19)23(35-6-2,24(27,28)29)25(30,31)32/h7-10,15H,5-6,11-14,16H2,1-4H3/t21?,22-/m1/s1. The Balaban J connectivity index is 2.13. The van der Waals surface area contributed by atoms with E-state index in [0.717, 1.165) is 30.0 Å². The number of aryl methyl sites for hydroxylation is 2. The first kappa shape index (κ1) is 28.8. The van der Waals surface area contributed by atoms with E-state index in [1.165, 1.54) is 6.07 Å². The molecule has 0 amide bonds. The van der Waals surface area contributed by atoms with Gasteiger partial charge < -0.3 is 4.74 Å². The molecule has 0 radical (unpaired) electrons. The van der Waals surface area contributed by atoms with Crippen LogP contribution in [0.25, 0.3) is 0 Å². The lowest BCUT2D eigenvalue weighted by molar-refractivity contribution is -0.415. The molecule has 36 heavy (non-hydrogen) atoms. The topological polar surface area (TPSA) is 25.4 Å². The first-order valence-electron chi connectivity index (χ1n) is 11.9. The largest absolute Gasteiger partial charge is 0.427 e. The second-order valence-electron chi connectivity index (χ2n) is 9.58. The summed E-state index contributed by atoms with van der Waals surface area (Å²) in [6.07, 6.45) is -10.3. The van der Waals surface area contributed by atoms with Crippen molar-refractivity contribution >= 4 is 11.3 Å². The number of nitrogens with zero attached hydrogens (tertiary/aromatic N) is 2. The number of aromatic nitrogens is 1. The second-order valence-corrected chi connectivity index (χ2v) is 10.7. The molecule has 2 aromatic rings. The van der Waals surface area contributed by atoms with Crippen LogP contribution in [0, 0.1) is 17.5 Å². The fourth-order valence-electron chi connectivity index (χ4n) is 5.50. The van der Waals surface area contributed by atoms with E-state index in [4.69, 9.17) is 4.74 Å². The van der Waals surface area contributed by atoms with Gasteiger partial charge in [0.15, 0.2) is 5.13 Å². The molecule has 2 aromatic heterocycles. The molecular formula is C25H31F7N2OS. The summed E-state index contributed by atoms with van der Waals surface area (Å²) in [5.74, 6) is 0. The first-order chi connectivity index (χ1) is 16.7. The van der Waals surface area contributed by atoms with Crippen molar-refractivity contribution in [3.05, 3.63) is 51.7 Å². The molecule has 0 spiro atoms. The van der Waals surface area contributed by atoms with E-state index >= 15 is 0 Å². The predicted molar refractivity (Wildman–Crippen MR) is 124 cm³/mol. The summed E-state index contributed by atoms with van der Waals surface area (Å²) in [7, 11) is 0. The molecule has 0 aromatic carbocycles. The molecule has 3 nitrogen and oxygen atoms in total. The average Bonchev–Trinajstić information content (AvgIpc) is 3.41. The molecule has 3 rings (SSSR count). The zero-order valence-corrected chi connectivity index (χ0v) is 21.5. The molecule has 202 valence electrons. The normalized spacial score (nSPS) is 21.6. The molecule has 0 saturated carbocycles. The number of rotatable bonds is 9. The molecule has 0 N–H and O–H groups in total. The smallest absolute Gasteiger partial charge is 0.358 e. The summed E-state index contributed by atoms with van der Waals surface area (Å²) in [5.41, 5.74) is -6.08. The van der Waals surface area contributed by atoms with E-state index in [2.05, 4.69) is 4.98 Å². The summed E-state index contributed by atoms with van der Waals surface area (Å²) < 4.78 is 106. The van der Waals surface area contributed by atoms with Gasteiger partial charge in [-0.1, -0.05) is 13.0 Å². The van der Waals surface area contributed by atoms with Crippen LogP contribution in [-0.2, 0) is 16.7 Å². The fraction of sp³-hybridized carbons (Fsp3) is 0.640. The van der Waals surface area contributed by atoms with Gasteiger partial charge in [0.1, 0.15) is 0 Å². The lowest BCUT2D eigenvalue weighted by atomic mass is 9.66. The zero-order valence-electron chi connectivity index (χ0n) is 20.7. The highest BCUT2D eigenvalue weighted by Crippen LogP contribution is 2.61. The van der Waals surface area contributed by atoms with Crippen LogP contribution in [0.15, 0.2) is 30.5 Å². The summed E-state index contributed by atoms with van der Waals surface area (Å²) in [6, 6.07) is 6.14. The van der Waals surface area contributed by atoms with Crippen LogP contribution in [0.2, 0.25) is 0 Å². The SMILES string of the molecule is CCOC(C(F)(F)F)(C(F)(F)F)[C@]1(CCc2ccc(F)s2)CCN(C(C)(CC)c2ccc(C)nc2)C1. The Labute approximate surface area is 210 Å². The lowest BCUT2D eigenvalue weighted by Gasteiger charge is -2.50. The Morgan fingerprint density at radius 2 is 1.72 bits per heavy atom. The van der Waals surface area contributed by atoms with E-state index in [0.29, 0.717) is 16.9 Å². The molecule has 1 saturated heterocycles. The minimum absolute atomic E-state index is 0.0119. The van der Waals surface area contributed by atoms with Crippen molar-refractivity contribution in [2.45, 2.75) is 76.9 Å². The monoisotopic (exact) mass is 540 g/mol. The van der Waals surface area contributed by atoms with Gasteiger partial charge in [0.2, 0.25) is 0 Å². The van der Waals surface area contributed by atoms with Gasteiger partial charge in [-0.3, -0.25) is 9.88 Å². The van der Waals surface area contributed by atoms with Crippen LogP contribution in [0.4, 0.5) is 30.7 Å². The first-order valence-corrected chi connectivity index (χ1v) is 12.7. The minimum Gasteiger partial charge on any atom is -0.358 e. The highest BCUT2D eigenvalue weighted by atomic mass is 32.1. The molecule has 1 aliphatic heterocycles. The van der Waals surface area contributed by atoms with E-state index in [9.17, 15) is 30.7 Å². The average molecular weight is 541 g/mol. The van der Waals surface area contributed by atoms with Gasteiger partial charge in [0.25, 0.3) is 5.60 Å². The Bertz CT molecular complexity index is 1010. The number of ether oxygens (including phenoxy) is 1. The zero-order chi connectivity index (χ0) is 27.0. The Hall–Kier alpha value is -1.72. The van der Waals surface area contributed by atoms with Crippen LogP contribution < -0.4 is 0 Å². The van der Waals surface area contributed by atoms with Crippen molar-refractivity contribution in [1.82, 2.24) is 9.88 Å². The number of halogens is 7. The molecule has 2 atom stereocenters. The van der Waals surface area contributed by atoms with Gasteiger partial charge >= 0.3 is 12.4 Å². The van der Waals surface area contributed by atoms with Gasteiger partial charge in [-0.05, 0) is 76.8 Å². The van der Waals surface area contributed by atoms with Crippen LogP contribution in [0.1, 0.15) is 56.2 Å². The Kier molecular flexibility index (Phi) is 8.18. The Morgan fingerprint density at radius 3 is 2.19 bits per heavy atom. The maximum atomic E-state index is 14.6. The summed E-state index contributed by atoms with van der Waals surface area (Å²) in [4.78, 5) is 6.37. The van der Waals surface area contributed by atoms with E-state index in [-0.39, 0.29) is 19.4 Å². The third-order valence-electron chi connectivity index (χ3n) is 7.66. The quantitative estimate of drug-likeness (QED) is 0.309. The van der Waals surface area contributed by atoms with Crippen LogP contribution in [-0.4, -0.2) is 47.5 Å². The van der Waals surface area contributed by atoms with Gasteiger partial charge in [-0.15, -0.1) is 11.3 Å². The number of hydrogen-bond donors (Lipinski definition) is 0. The summed E-state index contributed by atoms with van der Waals surface area (Å²) >= 11 is 0.726. The highest BCUT2D eigenvalue weighted by molar-refractivity contribution is 7.10. The van der Waals surface area contributed by atoms with Crippen LogP contribution in [0.5, 0.6) is 0 Å². The lowest BCUT2D eigenvalue weighted by Crippen LogP contribution is -2.69. The van der Waals surface area contributed by atoms with Gasteiger partial charge in [-0.25, -0.2) is 0 Å². The third-order valence-corrected chi connectivity index (χ3v) is 8.59. The van der Waals surface area contributed by atoms with Crippen molar-refractivity contribution in [1.29, 1.82) is 0 Å². The molecule has 1 fully saturated rings. The maximum absolute atomic E-state index is 14.6. The van der Waals surface area contributed by atoms with Crippen molar-refractivity contribution < 1.29 is 35.5 Å². The van der Waals surface area contributed by atoms with Gasteiger partial charge in [0.05, 0.1) is 0 Å². The molecule has 0 aliphatic carbocycles. The predicted octanol–water partition coefficient (Wildman–Crippen LogP) is 7.44. The minimum atomic E-state index is -5.72. The molecule has 1 aliphatic rings. The highest BCUT2D eigenvalue weighted by Gasteiger charge is 2.81.